The minimum absolute atomic E-state index is 0.139. The summed E-state index contributed by atoms with van der Waals surface area (Å²) in [6.45, 7) is 0. The van der Waals surface area contributed by atoms with E-state index in [2.05, 4.69) is 21.0 Å². The molecule has 1 unspecified atom stereocenters. The van der Waals surface area contributed by atoms with Crippen molar-refractivity contribution < 1.29 is 17.6 Å². The molecule has 0 bridgehead atoms. The molecule has 1 atom stereocenters. The fraction of sp³-hybridized carbons (Fsp3) is 0.136. The molecule has 0 spiro atoms. The molecule has 1 aliphatic rings. The Hall–Kier alpha value is -2.67. The van der Waals surface area contributed by atoms with Crippen molar-refractivity contribution in [2.45, 2.75) is 18.6 Å². The Bertz CT molecular complexity index is 1040. The number of rotatable bonds is 3. The third-order valence-corrected chi connectivity index (χ3v) is 5.33. The van der Waals surface area contributed by atoms with E-state index in [9.17, 15) is 17.6 Å². The van der Waals surface area contributed by atoms with E-state index >= 15 is 0 Å². The number of anilines is 1. The molecule has 0 saturated carbocycles. The second-order valence-corrected chi connectivity index (χ2v) is 7.60. The van der Waals surface area contributed by atoms with Crippen LogP contribution in [-0.4, -0.2) is 5.71 Å². The van der Waals surface area contributed by atoms with Gasteiger partial charge in [-0.2, -0.15) is 18.3 Å². The maximum atomic E-state index is 13.6. The van der Waals surface area contributed by atoms with Gasteiger partial charge in [0, 0.05) is 10.9 Å². The molecule has 4 rings (SSSR count). The van der Waals surface area contributed by atoms with Crippen LogP contribution in [0.25, 0.3) is 0 Å². The lowest BCUT2D eigenvalue weighted by molar-refractivity contribution is -0.138. The van der Waals surface area contributed by atoms with E-state index in [1.165, 1.54) is 36.4 Å². The SMILES string of the molecule is Fc1ccc(N2N=C(c3ccc(Br)cc3)CC2c2ccccc2C(F)(F)F)cc1. The van der Waals surface area contributed by atoms with Crippen LogP contribution in [0.1, 0.15) is 29.2 Å². The van der Waals surface area contributed by atoms with Gasteiger partial charge in [-0.05, 0) is 53.6 Å². The van der Waals surface area contributed by atoms with E-state index in [1.54, 1.807) is 11.1 Å². The molecule has 148 valence electrons. The Morgan fingerprint density at radius 3 is 2.21 bits per heavy atom. The standard InChI is InChI=1S/C22H15BrF4N2/c23-15-7-5-14(6-8-15)20-13-21(18-3-1-2-4-19(18)22(25,26)27)29(28-20)17-11-9-16(24)10-12-17/h1-12,21H,13H2. The molecule has 0 saturated heterocycles. The van der Waals surface area contributed by atoms with Gasteiger partial charge in [0.05, 0.1) is 23.0 Å². The molecule has 0 aliphatic carbocycles. The van der Waals surface area contributed by atoms with E-state index in [0.717, 1.165) is 16.1 Å². The predicted octanol–water partition coefficient (Wildman–Crippen LogP) is 6.96. The predicted molar refractivity (Wildman–Crippen MR) is 108 cm³/mol. The molecule has 7 heteroatoms. The van der Waals surface area contributed by atoms with Gasteiger partial charge in [0.15, 0.2) is 0 Å². The highest BCUT2D eigenvalue weighted by atomic mass is 79.9. The Kier molecular flexibility index (Phi) is 5.17. The zero-order valence-electron chi connectivity index (χ0n) is 15.0. The van der Waals surface area contributed by atoms with Gasteiger partial charge in [-0.3, -0.25) is 5.01 Å². The first kappa shape index (κ1) is 19.6. The van der Waals surface area contributed by atoms with Gasteiger partial charge < -0.3 is 0 Å². The van der Waals surface area contributed by atoms with Crippen LogP contribution >= 0.6 is 15.9 Å². The molecule has 1 heterocycles. The molecule has 3 aromatic carbocycles. The van der Waals surface area contributed by atoms with Crippen LogP contribution in [-0.2, 0) is 6.18 Å². The van der Waals surface area contributed by atoms with E-state index in [4.69, 9.17) is 0 Å². The first-order chi connectivity index (χ1) is 13.8. The Balaban J connectivity index is 1.81. The molecular formula is C22H15BrF4N2. The number of hydrazone groups is 1. The average molecular weight is 463 g/mol. The molecule has 3 aromatic rings. The van der Waals surface area contributed by atoms with Crippen LogP contribution in [0.2, 0.25) is 0 Å². The maximum Gasteiger partial charge on any atom is 0.416 e. The number of halogens is 5. The smallest absolute Gasteiger partial charge is 0.257 e. The first-order valence-corrected chi connectivity index (χ1v) is 9.66. The van der Waals surface area contributed by atoms with Crippen molar-refractivity contribution in [1.29, 1.82) is 0 Å². The maximum absolute atomic E-state index is 13.6. The van der Waals surface area contributed by atoms with Gasteiger partial charge in [0.25, 0.3) is 0 Å². The lowest BCUT2D eigenvalue weighted by Gasteiger charge is -2.26. The Labute approximate surface area is 173 Å². The molecule has 0 amide bonds. The van der Waals surface area contributed by atoms with Gasteiger partial charge >= 0.3 is 6.18 Å². The van der Waals surface area contributed by atoms with Crippen LogP contribution in [0.3, 0.4) is 0 Å². The fourth-order valence-corrected chi connectivity index (χ4v) is 3.71. The third-order valence-electron chi connectivity index (χ3n) is 4.80. The minimum Gasteiger partial charge on any atom is -0.257 e. The van der Waals surface area contributed by atoms with Gasteiger partial charge in [-0.25, -0.2) is 4.39 Å². The molecular weight excluding hydrogens is 448 g/mol. The lowest BCUT2D eigenvalue weighted by Crippen LogP contribution is -2.22. The zero-order chi connectivity index (χ0) is 20.6. The van der Waals surface area contributed by atoms with E-state index in [1.807, 2.05) is 24.3 Å². The minimum atomic E-state index is -4.48. The van der Waals surface area contributed by atoms with Gasteiger partial charge in [0.2, 0.25) is 0 Å². The summed E-state index contributed by atoms with van der Waals surface area (Å²) in [5, 5.41) is 6.16. The summed E-state index contributed by atoms with van der Waals surface area (Å²) < 4.78 is 55.2. The molecule has 0 fully saturated rings. The van der Waals surface area contributed by atoms with E-state index in [0.29, 0.717) is 17.8 Å². The first-order valence-electron chi connectivity index (χ1n) is 8.87. The summed E-state index contributed by atoms with van der Waals surface area (Å²) >= 11 is 3.38. The molecule has 1 aliphatic heterocycles. The van der Waals surface area contributed by atoms with E-state index < -0.39 is 23.6 Å². The normalized spacial score (nSPS) is 16.8. The topological polar surface area (TPSA) is 15.6 Å². The highest BCUT2D eigenvalue weighted by molar-refractivity contribution is 9.10. The fourth-order valence-electron chi connectivity index (χ4n) is 3.45. The monoisotopic (exact) mass is 462 g/mol. The van der Waals surface area contributed by atoms with Gasteiger partial charge in [0.1, 0.15) is 5.82 Å². The van der Waals surface area contributed by atoms with Crippen molar-refractivity contribution in [3.8, 4) is 0 Å². The van der Waals surface area contributed by atoms with Crippen LogP contribution < -0.4 is 5.01 Å². The average Bonchev–Trinajstić information content (AvgIpc) is 3.14. The lowest BCUT2D eigenvalue weighted by atomic mass is 9.94. The number of nitrogens with zero attached hydrogens (tertiary/aromatic N) is 2. The van der Waals surface area contributed by atoms with E-state index in [-0.39, 0.29) is 5.56 Å². The molecule has 29 heavy (non-hydrogen) atoms. The molecule has 0 N–H and O–H groups in total. The van der Waals surface area contributed by atoms with Crippen molar-refractivity contribution in [1.82, 2.24) is 0 Å². The number of benzene rings is 3. The molecule has 0 aromatic heterocycles. The van der Waals surface area contributed by atoms with Gasteiger partial charge in [-0.15, -0.1) is 0 Å². The van der Waals surface area contributed by atoms with Crippen molar-refractivity contribution in [2.75, 3.05) is 5.01 Å². The number of alkyl halides is 3. The van der Waals surface area contributed by atoms with Crippen LogP contribution in [0, 0.1) is 5.82 Å². The number of hydrogen-bond donors (Lipinski definition) is 0. The summed E-state index contributed by atoms with van der Waals surface area (Å²) in [5.41, 5.74) is 1.47. The van der Waals surface area contributed by atoms with Crippen molar-refractivity contribution in [3.63, 3.8) is 0 Å². The zero-order valence-corrected chi connectivity index (χ0v) is 16.6. The second-order valence-electron chi connectivity index (χ2n) is 6.68. The second kappa shape index (κ2) is 7.63. The molecule has 2 nitrogen and oxygen atoms in total. The quantitative estimate of drug-likeness (QED) is 0.384. The van der Waals surface area contributed by atoms with Crippen molar-refractivity contribution in [2.24, 2.45) is 5.10 Å². The summed E-state index contributed by atoms with van der Waals surface area (Å²) in [6.07, 6.45) is -4.18. The summed E-state index contributed by atoms with van der Waals surface area (Å²) in [6, 6.07) is 17.9. The molecule has 0 radical (unpaired) electrons. The summed E-state index contributed by atoms with van der Waals surface area (Å²) in [4.78, 5) is 0. The Morgan fingerprint density at radius 2 is 1.55 bits per heavy atom. The summed E-state index contributed by atoms with van der Waals surface area (Å²) in [7, 11) is 0. The third kappa shape index (κ3) is 4.05. The largest absolute Gasteiger partial charge is 0.416 e. The number of hydrogen-bond acceptors (Lipinski definition) is 2. The van der Waals surface area contributed by atoms with Crippen LogP contribution in [0.15, 0.2) is 82.4 Å². The van der Waals surface area contributed by atoms with Crippen molar-refractivity contribution in [3.05, 3.63) is 99.8 Å². The van der Waals surface area contributed by atoms with Crippen LogP contribution in [0.4, 0.5) is 23.2 Å². The highest BCUT2D eigenvalue weighted by Gasteiger charge is 2.39. The Morgan fingerprint density at radius 1 is 0.897 bits per heavy atom. The van der Waals surface area contributed by atoms with Crippen LogP contribution in [0.5, 0.6) is 0 Å². The van der Waals surface area contributed by atoms with Gasteiger partial charge in [-0.1, -0.05) is 46.3 Å². The summed E-state index contributed by atoms with van der Waals surface area (Å²) in [5.74, 6) is -0.419. The highest BCUT2D eigenvalue weighted by Crippen LogP contribution is 2.42. The van der Waals surface area contributed by atoms with Crippen molar-refractivity contribution >= 4 is 27.3 Å².